The summed E-state index contributed by atoms with van der Waals surface area (Å²) < 4.78 is 5.26. The number of thioether (sulfide) groups is 1. The number of aryl methyl sites for hydroxylation is 1. The number of hydrogen-bond donors (Lipinski definition) is 2. The molecule has 0 saturated heterocycles. The van der Waals surface area contributed by atoms with Crippen molar-refractivity contribution in [3.63, 3.8) is 0 Å². The molecule has 0 radical (unpaired) electrons. The Kier molecular flexibility index (Phi) is 8.21. The van der Waals surface area contributed by atoms with Gasteiger partial charge in [-0.3, -0.25) is 4.79 Å². The van der Waals surface area contributed by atoms with Crippen LogP contribution in [0.15, 0.2) is 70.4 Å². The van der Waals surface area contributed by atoms with Crippen molar-refractivity contribution >= 4 is 40.9 Å². The molecule has 3 rings (SSSR count). The fourth-order valence-corrected chi connectivity index (χ4v) is 4.72. The van der Waals surface area contributed by atoms with Crippen LogP contribution in [-0.2, 0) is 14.3 Å². The smallest absolute Gasteiger partial charge is 0.336 e. The summed E-state index contributed by atoms with van der Waals surface area (Å²) in [6.07, 6.45) is 0. The molecule has 2 N–H and O–H groups in total. The van der Waals surface area contributed by atoms with Crippen LogP contribution < -0.4 is 10.6 Å². The topological polar surface area (TPSA) is 91.2 Å². The minimum Gasteiger partial charge on any atom is -0.463 e. The highest BCUT2D eigenvalue weighted by molar-refractivity contribution is 8.03. The standard InChI is InChI=1S/C25H24ClN3O3S/c1-4-32-25(31)22-16(3)28-24(19(13-27)23(22)18-10-5-6-11-20(18)26)33-14-21(30)29-17-9-7-8-15(2)12-17/h5-12,23,28H,4,14H2,1-3H3,(H,29,30)/t23-/m0/s1. The van der Waals surface area contributed by atoms with Gasteiger partial charge >= 0.3 is 5.97 Å². The Labute approximate surface area is 202 Å². The largest absolute Gasteiger partial charge is 0.463 e. The first-order chi connectivity index (χ1) is 15.8. The summed E-state index contributed by atoms with van der Waals surface area (Å²) in [5.74, 6) is -1.34. The van der Waals surface area contributed by atoms with Crippen molar-refractivity contribution in [3.8, 4) is 6.07 Å². The predicted molar refractivity (Wildman–Crippen MR) is 132 cm³/mol. The average molecular weight is 482 g/mol. The van der Waals surface area contributed by atoms with Gasteiger partial charge in [-0.05, 0) is 50.1 Å². The predicted octanol–water partition coefficient (Wildman–Crippen LogP) is 5.28. The molecule has 1 heterocycles. The SMILES string of the molecule is CCOC(=O)C1=C(C)NC(SCC(=O)Nc2cccc(C)c2)=C(C#N)[C@@H]1c1ccccc1Cl. The van der Waals surface area contributed by atoms with Crippen LogP contribution in [0, 0.1) is 18.3 Å². The lowest BCUT2D eigenvalue weighted by Gasteiger charge is -2.29. The Bertz CT molecular complexity index is 1180. The average Bonchev–Trinajstić information content (AvgIpc) is 2.77. The number of nitriles is 1. The number of ether oxygens (including phenoxy) is 1. The van der Waals surface area contributed by atoms with Gasteiger partial charge in [0.15, 0.2) is 0 Å². The molecule has 0 aromatic heterocycles. The van der Waals surface area contributed by atoms with Crippen LogP contribution in [0.25, 0.3) is 0 Å². The maximum atomic E-state index is 12.8. The van der Waals surface area contributed by atoms with E-state index in [1.54, 1.807) is 38.1 Å². The molecule has 0 spiro atoms. The molecule has 0 unspecified atom stereocenters. The number of nitrogens with zero attached hydrogens (tertiary/aromatic N) is 1. The van der Waals surface area contributed by atoms with E-state index in [0.717, 1.165) is 5.56 Å². The summed E-state index contributed by atoms with van der Waals surface area (Å²) in [4.78, 5) is 25.3. The van der Waals surface area contributed by atoms with Crippen LogP contribution >= 0.6 is 23.4 Å². The Morgan fingerprint density at radius 3 is 2.64 bits per heavy atom. The monoisotopic (exact) mass is 481 g/mol. The van der Waals surface area contributed by atoms with Gasteiger partial charge in [-0.25, -0.2) is 4.79 Å². The molecule has 33 heavy (non-hydrogen) atoms. The molecule has 0 aliphatic carbocycles. The van der Waals surface area contributed by atoms with Crippen LogP contribution in [0.5, 0.6) is 0 Å². The zero-order chi connectivity index (χ0) is 24.0. The summed E-state index contributed by atoms with van der Waals surface area (Å²) in [6.45, 7) is 5.63. The van der Waals surface area contributed by atoms with Gasteiger partial charge < -0.3 is 15.4 Å². The number of rotatable bonds is 7. The molecule has 1 amide bonds. The second-order valence-corrected chi connectivity index (χ2v) is 8.79. The van der Waals surface area contributed by atoms with Crippen molar-refractivity contribution in [1.82, 2.24) is 5.32 Å². The molecule has 2 aromatic carbocycles. The lowest BCUT2D eigenvalue weighted by molar-refractivity contribution is -0.138. The summed E-state index contributed by atoms with van der Waals surface area (Å²) in [6, 6.07) is 16.8. The van der Waals surface area contributed by atoms with Gasteiger partial charge in [0.25, 0.3) is 0 Å². The number of amides is 1. The lowest BCUT2D eigenvalue weighted by Crippen LogP contribution is -2.29. The third-order valence-corrected chi connectivity index (χ3v) is 6.37. The van der Waals surface area contributed by atoms with Gasteiger partial charge in [-0.1, -0.05) is 53.7 Å². The van der Waals surface area contributed by atoms with Gasteiger partial charge in [0.2, 0.25) is 5.91 Å². The molecule has 0 bridgehead atoms. The molecule has 2 aromatic rings. The van der Waals surface area contributed by atoms with Gasteiger partial charge in [-0.15, -0.1) is 0 Å². The van der Waals surface area contributed by atoms with E-state index >= 15 is 0 Å². The third-order valence-electron chi connectivity index (χ3n) is 5.01. The Hall–Kier alpha value is -3.21. The number of carbonyl (C=O) groups excluding carboxylic acids is 2. The third kappa shape index (κ3) is 5.78. The van der Waals surface area contributed by atoms with Crippen LogP contribution in [0.2, 0.25) is 5.02 Å². The van der Waals surface area contributed by atoms with Crippen LogP contribution in [-0.4, -0.2) is 24.2 Å². The number of dihydropyridines is 1. The van der Waals surface area contributed by atoms with Crippen molar-refractivity contribution in [1.29, 1.82) is 5.26 Å². The summed E-state index contributed by atoms with van der Waals surface area (Å²) in [7, 11) is 0. The van der Waals surface area contributed by atoms with Gasteiger partial charge in [-0.2, -0.15) is 5.26 Å². The molecule has 1 atom stereocenters. The van der Waals surface area contributed by atoms with Crippen LogP contribution in [0.4, 0.5) is 5.69 Å². The maximum absolute atomic E-state index is 12.8. The van der Waals surface area contributed by atoms with Crippen molar-refractivity contribution in [2.24, 2.45) is 0 Å². The summed E-state index contributed by atoms with van der Waals surface area (Å²) in [5, 5.41) is 17.0. The Balaban J connectivity index is 1.91. The number of halogens is 1. The first-order valence-corrected chi connectivity index (χ1v) is 11.7. The molecule has 8 heteroatoms. The Morgan fingerprint density at radius 1 is 1.21 bits per heavy atom. The second kappa shape index (κ2) is 11.1. The number of esters is 1. The lowest BCUT2D eigenvalue weighted by atomic mass is 9.82. The quantitative estimate of drug-likeness (QED) is 0.523. The van der Waals surface area contributed by atoms with E-state index in [-0.39, 0.29) is 18.3 Å². The van der Waals surface area contributed by atoms with Gasteiger partial charge in [0.05, 0.1) is 40.5 Å². The van der Waals surface area contributed by atoms with E-state index < -0.39 is 11.9 Å². The highest BCUT2D eigenvalue weighted by Crippen LogP contribution is 2.43. The van der Waals surface area contributed by atoms with E-state index in [1.165, 1.54) is 11.8 Å². The van der Waals surface area contributed by atoms with E-state index in [0.29, 0.717) is 38.1 Å². The highest BCUT2D eigenvalue weighted by atomic mass is 35.5. The summed E-state index contributed by atoms with van der Waals surface area (Å²) in [5.41, 5.74) is 3.57. The molecule has 170 valence electrons. The van der Waals surface area contributed by atoms with Crippen molar-refractivity contribution in [2.75, 3.05) is 17.7 Å². The van der Waals surface area contributed by atoms with Crippen molar-refractivity contribution in [3.05, 3.63) is 86.6 Å². The minimum atomic E-state index is -0.702. The fraction of sp³-hybridized carbons (Fsp3) is 0.240. The molecule has 0 fully saturated rings. The number of allylic oxidation sites excluding steroid dienone is 2. The number of anilines is 1. The fourth-order valence-electron chi connectivity index (χ4n) is 3.58. The van der Waals surface area contributed by atoms with E-state index in [4.69, 9.17) is 16.3 Å². The second-order valence-electron chi connectivity index (χ2n) is 7.40. The van der Waals surface area contributed by atoms with Crippen molar-refractivity contribution in [2.45, 2.75) is 26.7 Å². The first-order valence-electron chi connectivity index (χ1n) is 10.4. The molecule has 0 saturated carbocycles. The zero-order valence-corrected chi connectivity index (χ0v) is 20.1. The normalized spacial score (nSPS) is 15.5. The summed E-state index contributed by atoms with van der Waals surface area (Å²) >= 11 is 7.66. The maximum Gasteiger partial charge on any atom is 0.336 e. The van der Waals surface area contributed by atoms with E-state index in [9.17, 15) is 14.9 Å². The molecule has 1 aliphatic heterocycles. The zero-order valence-electron chi connectivity index (χ0n) is 18.6. The number of benzene rings is 2. The number of carbonyl (C=O) groups is 2. The van der Waals surface area contributed by atoms with Crippen LogP contribution in [0.1, 0.15) is 30.9 Å². The van der Waals surface area contributed by atoms with Crippen molar-refractivity contribution < 1.29 is 14.3 Å². The molecule has 1 aliphatic rings. The first kappa shape index (κ1) is 24.4. The van der Waals surface area contributed by atoms with Crippen LogP contribution in [0.3, 0.4) is 0 Å². The highest BCUT2D eigenvalue weighted by Gasteiger charge is 2.36. The minimum absolute atomic E-state index is 0.0821. The van der Waals surface area contributed by atoms with Gasteiger partial charge in [0.1, 0.15) is 0 Å². The number of hydrogen-bond acceptors (Lipinski definition) is 6. The van der Waals surface area contributed by atoms with E-state index in [2.05, 4.69) is 16.7 Å². The molecule has 6 nitrogen and oxygen atoms in total. The van der Waals surface area contributed by atoms with E-state index in [1.807, 2.05) is 31.2 Å². The Morgan fingerprint density at radius 2 is 1.97 bits per heavy atom. The molecular formula is C25H24ClN3O3S. The van der Waals surface area contributed by atoms with Gasteiger partial charge in [0, 0.05) is 16.4 Å². The molecular weight excluding hydrogens is 458 g/mol. The number of nitrogens with one attached hydrogen (secondary N) is 2.